The van der Waals surface area contributed by atoms with Crippen LogP contribution in [0.25, 0.3) is 22.5 Å². The number of nitrogens with zero attached hydrogens (tertiary/aromatic N) is 3. The summed E-state index contributed by atoms with van der Waals surface area (Å²) in [6.45, 7) is 0.839. The molecule has 0 radical (unpaired) electrons. The maximum atomic E-state index is 2.52. The molecule has 3 nitrogen and oxygen atoms in total. The molecule has 3 aromatic carbocycles. The van der Waals surface area contributed by atoms with Crippen molar-refractivity contribution in [3.63, 3.8) is 0 Å². The van der Waals surface area contributed by atoms with Gasteiger partial charge in [0.05, 0.1) is 22.5 Å². The molecule has 0 N–H and O–H groups in total. The number of pyridine rings is 2. The Morgan fingerprint density at radius 3 is 1.67 bits per heavy atom. The molecule has 0 unspecified atom stereocenters. The zero-order chi connectivity index (χ0) is 21.6. The van der Waals surface area contributed by atoms with Crippen molar-refractivity contribution in [2.24, 2.45) is 0 Å². The molecule has 8 rings (SSSR count). The molecule has 0 aliphatic carbocycles. The van der Waals surface area contributed by atoms with Crippen molar-refractivity contribution >= 4 is 11.4 Å². The lowest BCUT2D eigenvalue weighted by Gasteiger charge is -2.35. The van der Waals surface area contributed by atoms with Crippen LogP contribution in [0.4, 0.5) is 11.4 Å². The fourth-order valence-corrected chi connectivity index (χ4v) is 6.37. The van der Waals surface area contributed by atoms with Gasteiger partial charge in [-0.2, -0.15) is 0 Å². The summed E-state index contributed by atoms with van der Waals surface area (Å²) in [7, 11) is 0. The van der Waals surface area contributed by atoms with Crippen molar-refractivity contribution in [3.05, 3.63) is 132 Å². The minimum atomic E-state index is -0.405. The standard InChI is InChI=1S/C30H21N3/c1-2-10-21(11-3-1)20-31-26-16-8-12-22-24-14-4-6-18-32(24)30(28(22)26)29-23(13-9-17-27(29)31)25-15-5-7-19-33(25)30/h1-19H,20H2/q+2. The van der Waals surface area contributed by atoms with E-state index in [9.17, 15) is 0 Å². The summed E-state index contributed by atoms with van der Waals surface area (Å²) in [6, 6.07) is 37.5. The Morgan fingerprint density at radius 2 is 1.09 bits per heavy atom. The monoisotopic (exact) mass is 423 g/mol. The van der Waals surface area contributed by atoms with Crippen LogP contribution in [-0.2, 0) is 12.2 Å². The highest BCUT2D eigenvalue weighted by Gasteiger charge is 2.70. The quantitative estimate of drug-likeness (QED) is 0.349. The van der Waals surface area contributed by atoms with E-state index in [0.29, 0.717) is 0 Å². The van der Waals surface area contributed by atoms with E-state index in [1.165, 1.54) is 50.6 Å². The van der Waals surface area contributed by atoms with Crippen LogP contribution in [0.5, 0.6) is 0 Å². The molecule has 154 valence electrons. The molecule has 0 bridgehead atoms. The summed E-state index contributed by atoms with van der Waals surface area (Å²) in [5.74, 6) is 0. The van der Waals surface area contributed by atoms with E-state index in [4.69, 9.17) is 0 Å². The number of anilines is 2. The summed E-state index contributed by atoms with van der Waals surface area (Å²) in [5, 5.41) is 0. The topological polar surface area (TPSA) is 11.0 Å². The Hall–Kier alpha value is -4.24. The van der Waals surface area contributed by atoms with E-state index in [2.05, 4.69) is 130 Å². The van der Waals surface area contributed by atoms with Crippen LogP contribution in [0.2, 0.25) is 0 Å². The van der Waals surface area contributed by atoms with Crippen LogP contribution in [0, 0.1) is 0 Å². The molecule has 3 aliphatic heterocycles. The van der Waals surface area contributed by atoms with Crippen LogP contribution in [-0.4, -0.2) is 0 Å². The van der Waals surface area contributed by atoms with Crippen molar-refractivity contribution in [2.75, 3.05) is 4.90 Å². The molecule has 5 heterocycles. The van der Waals surface area contributed by atoms with Gasteiger partial charge < -0.3 is 4.90 Å². The van der Waals surface area contributed by atoms with E-state index >= 15 is 0 Å². The van der Waals surface area contributed by atoms with Gasteiger partial charge in [-0.1, -0.05) is 42.5 Å². The predicted octanol–water partition coefficient (Wildman–Crippen LogP) is 5.17. The Bertz CT molecular complexity index is 1500. The second kappa shape index (κ2) is 5.96. The fraction of sp³-hybridized carbons (Fsp3) is 0.0667. The largest absolute Gasteiger partial charge is 0.421 e. The van der Waals surface area contributed by atoms with E-state index in [1.807, 2.05) is 0 Å². The lowest BCUT2D eigenvalue weighted by atomic mass is 9.83. The molecule has 3 heteroatoms. The molecule has 1 spiro atoms. The first-order valence-electron chi connectivity index (χ1n) is 11.5. The van der Waals surface area contributed by atoms with Crippen LogP contribution in [0.3, 0.4) is 0 Å². The number of hydrogen-bond donors (Lipinski definition) is 0. The normalized spacial score (nSPS) is 15.0. The molecule has 33 heavy (non-hydrogen) atoms. The molecule has 2 aromatic heterocycles. The Balaban J connectivity index is 1.55. The Kier molecular flexibility index (Phi) is 3.13. The van der Waals surface area contributed by atoms with Gasteiger partial charge in [-0.15, -0.1) is 9.13 Å². The molecular weight excluding hydrogens is 402 g/mol. The van der Waals surface area contributed by atoms with Crippen LogP contribution >= 0.6 is 0 Å². The third-order valence-corrected chi connectivity index (χ3v) is 7.52. The molecule has 0 amide bonds. The van der Waals surface area contributed by atoms with Gasteiger partial charge in [0.2, 0.25) is 11.4 Å². The molecule has 0 atom stereocenters. The van der Waals surface area contributed by atoms with Gasteiger partial charge in [0, 0.05) is 30.8 Å². The summed E-state index contributed by atoms with van der Waals surface area (Å²) in [5.41, 5.74) is 11.4. The SMILES string of the molecule is c1ccc(CN2c3cccc4c3C3(c5c(cccc52)-c2cccc[n+]23)[n+]2ccccc2-4)cc1. The van der Waals surface area contributed by atoms with E-state index in [0.717, 1.165) is 6.54 Å². The van der Waals surface area contributed by atoms with Crippen molar-refractivity contribution in [2.45, 2.75) is 12.2 Å². The first-order valence-corrected chi connectivity index (χ1v) is 11.5. The molecule has 3 aliphatic rings. The Labute approximate surface area is 192 Å². The first-order chi connectivity index (χ1) is 16.4. The molecule has 0 saturated heterocycles. The number of rotatable bonds is 2. The van der Waals surface area contributed by atoms with Gasteiger partial charge in [0.1, 0.15) is 11.1 Å². The van der Waals surface area contributed by atoms with Crippen molar-refractivity contribution in [3.8, 4) is 22.5 Å². The number of hydrogen-bond acceptors (Lipinski definition) is 1. The summed E-state index contributed by atoms with van der Waals surface area (Å²) >= 11 is 0. The fourth-order valence-electron chi connectivity index (χ4n) is 6.37. The molecule has 5 aromatic rings. The van der Waals surface area contributed by atoms with Crippen molar-refractivity contribution in [1.29, 1.82) is 0 Å². The number of aromatic nitrogens is 2. The average Bonchev–Trinajstić information content (AvgIpc) is 3.36. The van der Waals surface area contributed by atoms with Crippen molar-refractivity contribution < 1.29 is 9.13 Å². The van der Waals surface area contributed by atoms with Gasteiger partial charge in [-0.25, -0.2) is 0 Å². The molecule has 0 fully saturated rings. The second-order valence-corrected chi connectivity index (χ2v) is 9.06. The number of benzene rings is 3. The van der Waals surface area contributed by atoms with E-state index in [1.54, 1.807) is 0 Å². The second-order valence-electron chi connectivity index (χ2n) is 9.06. The lowest BCUT2D eigenvalue weighted by Crippen LogP contribution is -2.72. The third-order valence-electron chi connectivity index (χ3n) is 7.52. The van der Waals surface area contributed by atoms with Crippen LogP contribution in [0.1, 0.15) is 16.7 Å². The summed E-state index contributed by atoms with van der Waals surface area (Å²) in [6.07, 6.45) is 4.50. The lowest BCUT2D eigenvalue weighted by molar-refractivity contribution is -0.955. The summed E-state index contributed by atoms with van der Waals surface area (Å²) < 4.78 is 4.97. The van der Waals surface area contributed by atoms with Gasteiger partial charge in [-0.05, 0) is 42.0 Å². The van der Waals surface area contributed by atoms with E-state index < -0.39 is 5.66 Å². The van der Waals surface area contributed by atoms with Gasteiger partial charge in [0.15, 0.2) is 12.4 Å². The zero-order valence-corrected chi connectivity index (χ0v) is 18.0. The molecule has 0 saturated carbocycles. The van der Waals surface area contributed by atoms with Crippen LogP contribution in [0.15, 0.2) is 116 Å². The van der Waals surface area contributed by atoms with Gasteiger partial charge >= 0.3 is 5.66 Å². The highest BCUT2D eigenvalue weighted by molar-refractivity contribution is 5.89. The molecular formula is C30H21N3+2. The zero-order valence-electron chi connectivity index (χ0n) is 18.0. The van der Waals surface area contributed by atoms with Gasteiger partial charge in [0.25, 0.3) is 0 Å². The minimum absolute atomic E-state index is 0.405. The maximum Gasteiger partial charge on any atom is 0.421 e. The highest BCUT2D eigenvalue weighted by atomic mass is 15.3. The first kappa shape index (κ1) is 17.3. The highest BCUT2D eigenvalue weighted by Crippen LogP contribution is 2.57. The van der Waals surface area contributed by atoms with Crippen molar-refractivity contribution in [1.82, 2.24) is 0 Å². The van der Waals surface area contributed by atoms with Gasteiger partial charge in [-0.3, -0.25) is 0 Å². The average molecular weight is 424 g/mol. The number of fused-ring (bicyclic) bond motifs is 4. The summed E-state index contributed by atoms with van der Waals surface area (Å²) in [4.78, 5) is 2.52. The van der Waals surface area contributed by atoms with E-state index in [-0.39, 0.29) is 0 Å². The van der Waals surface area contributed by atoms with Crippen LogP contribution < -0.4 is 14.0 Å². The third kappa shape index (κ3) is 1.93. The maximum absolute atomic E-state index is 2.52. The predicted molar refractivity (Wildman–Crippen MR) is 128 cm³/mol. The Morgan fingerprint density at radius 1 is 0.545 bits per heavy atom. The smallest absolute Gasteiger partial charge is 0.336 e. The minimum Gasteiger partial charge on any atom is -0.336 e.